The summed E-state index contributed by atoms with van der Waals surface area (Å²) in [4.78, 5) is 88.0. The molecule has 0 radical (unpaired) electrons. The molecule has 712 valence electrons. The van der Waals surface area contributed by atoms with Crippen LogP contribution in [0.15, 0.2) is 109 Å². The van der Waals surface area contributed by atoms with Crippen molar-refractivity contribution in [1.29, 1.82) is 10.5 Å². The minimum absolute atomic E-state index is 0. The number of nitrogens with one attached hydrogen (secondary N) is 2. The molecule has 2 spiro atoms. The number of rotatable bonds is 11. The van der Waals surface area contributed by atoms with Gasteiger partial charge in [0.15, 0.2) is 80.1 Å². The summed E-state index contributed by atoms with van der Waals surface area (Å²) in [5, 5.41) is 62.8. The summed E-state index contributed by atoms with van der Waals surface area (Å²) in [6.45, 7) is 10.4. The highest BCUT2D eigenvalue weighted by molar-refractivity contribution is 7.99. The summed E-state index contributed by atoms with van der Waals surface area (Å²) in [6, 6.07) is 29.4. The molecule has 0 saturated carbocycles. The number of halogens is 1. The lowest BCUT2D eigenvalue weighted by atomic mass is 9.71. The summed E-state index contributed by atoms with van der Waals surface area (Å²) in [5.74, 6) is 1.42. The van der Waals surface area contributed by atoms with Gasteiger partial charge in [0, 0.05) is 113 Å². The van der Waals surface area contributed by atoms with Gasteiger partial charge in [0.2, 0.25) is 18.8 Å². The summed E-state index contributed by atoms with van der Waals surface area (Å²) in [7, 11) is 9.98. The molecule has 0 amide bonds. The number of methoxy groups -OCH3 is 4. The van der Waals surface area contributed by atoms with E-state index in [0.29, 0.717) is 140 Å². The lowest BCUT2D eigenvalue weighted by Crippen LogP contribution is -2.69. The Labute approximate surface area is 798 Å². The lowest BCUT2D eigenvalue weighted by molar-refractivity contribution is -0.158. The van der Waals surface area contributed by atoms with Gasteiger partial charge in [-0.3, -0.25) is 44.6 Å². The monoisotopic (exact) mass is 1900 g/mol. The number of hydrogen-bond donors (Lipinski definition) is 5. The largest absolute Gasteiger partial charge is 0.504 e. The number of fused-ring (bicyclic) bond motifs is 18. The number of phenols is 3. The average Bonchev–Trinajstić information content (AvgIpc) is 1.51. The molecule has 30 nitrogen and oxygen atoms in total. The van der Waals surface area contributed by atoms with Crippen molar-refractivity contribution >= 4 is 82.4 Å². The second-order valence-electron chi connectivity index (χ2n) is 34.4. The molecule has 22 rings (SSSR count). The first-order valence-electron chi connectivity index (χ1n) is 43.1. The van der Waals surface area contributed by atoms with Crippen LogP contribution in [0.2, 0.25) is 0 Å². The molecule has 8 aromatic carbocycles. The number of nitriles is 2. The molecular formula is C102H113ClN8O22S2. The molecule has 14 aliphatic heterocycles. The van der Waals surface area contributed by atoms with Gasteiger partial charge in [-0.1, -0.05) is 109 Å². The first kappa shape index (κ1) is 98.8. The number of likely N-dealkylation sites (N-methyl/N-ethyl adjacent to an activating group) is 2. The van der Waals surface area contributed by atoms with Gasteiger partial charge in [-0.25, -0.2) is 14.4 Å². The number of benzene rings is 8. The van der Waals surface area contributed by atoms with Gasteiger partial charge in [-0.05, 0) is 171 Å². The highest BCUT2D eigenvalue weighted by Crippen LogP contribution is 2.68. The molecular weight excluding hydrogens is 1790 g/mol. The van der Waals surface area contributed by atoms with Crippen LogP contribution in [0.25, 0.3) is 12.2 Å². The molecule has 5 N–H and O–H groups in total. The number of hydrogen-bond acceptors (Lipinski definition) is 32. The number of allylic oxidation sites excluding steroid dienone is 1. The summed E-state index contributed by atoms with van der Waals surface area (Å²) in [6.07, 6.45) is 8.05. The average molecular weight is 1900 g/mol. The Hall–Kier alpha value is -12.2. The van der Waals surface area contributed by atoms with Crippen LogP contribution in [0.5, 0.6) is 80.5 Å². The van der Waals surface area contributed by atoms with Gasteiger partial charge in [-0.15, -0.1) is 23.5 Å². The third kappa shape index (κ3) is 16.5. The van der Waals surface area contributed by atoms with E-state index in [0.717, 1.165) is 44.5 Å². The van der Waals surface area contributed by atoms with Crippen LogP contribution < -0.4 is 62.7 Å². The van der Waals surface area contributed by atoms with Crippen molar-refractivity contribution in [2.24, 2.45) is 0 Å². The van der Waals surface area contributed by atoms with E-state index in [9.17, 15) is 49.8 Å². The molecule has 8 aromatic rings. The van der Waals surface area contributed by atoms with Crippen LogP contribution in [-0.4, -0.2) is 200 Å². The minimum Gasteiger partial charge on any atom is -0.504 e. The second-order valence-corrected chi connectivity index (χ2v) is 37.0. The number of carbonyl (C=O) groups excluding carboxylic acids is 6. The Kier molecular flexibility index (Phi) is 28.7. The van der Waals surface area contributed by atoms with E-state index >= 15 is 4.79 Å². The number of carbonyl (C=O) groups is 6. The Morgan fingerprint density at radius 3 is 1.33 bits per heavy atom. The fourth-order valence-corrected chi connectivity index (χ4v) is 25.5. The second kappa shape index (κ2) is 39.2. The molecule has 14 atom stereocenters. The lowest BCUT2D eigenvalue weighted by Gasteiger charge is -2.62. The zero-order valence-corrected chi connectivity index (χ0v) is 76.3. The molecule has 14 aliphatic rings. The van der Waals surface area contributed by atoms with Crippen molar-refractivity contribution in [3.63, 3.8) is 0 Å². The van der Waals surface area contributed by atoms with Crippen molar-refractivity contribution in [3.8, 4) is 92.6 Å². The Morgan fingerprint density at radius 2 is 0.926 bits per heavy atom. The smallest absolute Gasteiger partial charge is 0.336 e. The van der Waals surface area contributed by atoms with Crippen LogP contribution in [0.4, 0.5) is 0 Å². The van der Waals surface area contributed by atoms with Gasteiger partial charge in [-0.2, -0.15) is 10.5 Å². The Balaban J connectivity index is 0.000000191. The molecule has 135 heavy (non-hydrogen) atoms. The van der Waals surface area contributed by atoms with Crippen LogP contribution in [-0.2, 0) is 75.0 Å². The fourth-order valence-electron chi connectivity index (χ4n) is 22.0. The van der Waals surface area contributed by atoms with E-state index in [1.807, 2.05) is 115 Å². The normalized spacial score (nSPS) is 25.3. The summed E-state index contributed by atoms with van der Waals surface area (Å²) >= 11 is 8.04. The van der Waals surface area contributed by atoms with Gasteiger partial charge in [0.1, 0.15) is 36.8 Å². The van der Waals surface area contributed by atoms with Crippen LogP contribution in [0, 0.1) is 50.4 Å². The molecule has 14 heterocycles. The van der Waals surface area contributed by atoms with E-state index < -0.39 is 105 Å². The topological polar surface area (TPSA) is 368 Å². The van der Waals surface area contributed by atoms with Crippen molar-refractivity contribution in [1.82, 2.24) is 30.2 Å². The Bertz CT molecular complexity index is 6210. The number of aryl methyl sites for hydroxylation is 2. The number of thioether (sulfide) groups is 2. The van der Waals surface area contributed by atoms with E-state index in [4.69, 9.17) is 73.2 Å². The predicted molar refractivity (Wildman–Crippen MR) is 509 cm³/mol. The summed E-state index contributed by atoms with van der Waals surface area (Å²) in [5.41, 5.74) is 10.4. The minimum atomic E-state index is -1.44. The first-order chi connectivity index (χ1) is 63.1. The highest BCUT2D eigenvalue weighted by atomic mass is 35.5. The number of ether oxygens (including phenoxy) is 13. The van der Waals surface area contributed by atoms with E-state index in [1.54, 1.807) is 36.4 Å². The molecule has 0 aromatic heterocycles. The van der Waals surface area contributed by atoms with E-state index in [-0.39, 0.29) is 115 Å². The third-order valence-electron chi connectivity index (χ3n) is 27.5. The number of phenolic OH excluding ortho intramolecular Hbond substituents is 3. The standard InChI is InChI=1S/C49H48N4O11S.C40H42N4O10S.C9H7ClO.4CH4/c1-24-16-29-17-31-32(20-50)53-33-21-60-48(57)49(30-19-34(58-5)35(18-28(30)14-15-51-49)64-36(55)13-12-27-10-8-7-9-11-27)22-65-47(41(53)40(52(31)4)37(29)42(56)43(24)59-6)39-38(33)46-45(61-23-62-46)25(2)44(39)63-26(3)54;1-17-9-21-10-23-24(13-41)44-25-14-51-39(48)40(22-12-27(49-5)26(46)11-20(22)7-8-42-40)15-55-38(32(44)31(43(23)4)28(21)33(47)34(17)50-6)30-29(25)37-36(52-16-53-37)18(2)35(30)54-19(3)45;10-9(11)7-6-8-4-2-1-3-5-8;;;;/h7-13,16,18-19,31-33,40-41,47,51,56H,14-15,17,21-23H2,1-6H3;9,11-12,23-25,31-32,38,42,46-47H,7-8,10,14-16H2,1-6H3;1-7H;4*1H4/b13-12+;;7-6+;;;;/t31-,32-,33-,40+,41?,47+,49+;23-,24-,25-,31+,32?,38+,40+;;;;;/m00...../s1. The Morgan fingerprint density at radius 1 is 0.511 bits per heavy atom. The third-order valence-corrected chi connectivity index (χ3v) is 30.6. The SMILES string of the molecule is C.C.C.C.COc1cc2c(cc1O)CCN[C@]21CS[C@@H]2c3c(OC(C)=O)c(C)c4c(c3[C@H](COC1=O)N1C2[C@H]2c3c(cc(C)c(OC)c3O)C[C@@H]([C@@H]1C#N)N2C)OCO4.COc1cc2c(cc1OC(=O)/C=C/c1ccccc1)CCN[C@]21CS[C@@H]2c3c(OC(C)=O)c(C)c4c(c3[C@H](COC1=O)N1C2[C@H]2c3c(cc(C)c(OC)c3O)C[C@@H]([C@@H]1C#N)N2C)OCO4.O=C(Cl)/C=C/c1ccccc1. The van der Waals surface area contributed by atoms with Crippen LogP contribution in [0.3, 0.4) is 0 Å². The maximum atomic E-state index is 15.1. The maximum Gasteiger partial charge on any atom is 0.336 e. The van der Waals surface area contributed by atoms with Crippen molar-refractivity contribution in [3.05, 3.63) is 209 Å². The first-order valence-corrected chi connectivity index (χ1v) is 45.5. The molecule has 4 saturated heterocycles. The van der Waals surface area contributed by atoms with Gasteiger partial charge in [0.25, 0.3) is 0 Å². The van der Waals surface area contributed by atoms with Gasteiger partial charge in [0.05, 0.1) is 75.2 Å². The fraction of sp³-hybridized carbons (Fsp3) is 0.412. The zero-order chi connectivity index (χ0) is 92.2. The molecule has 0 aliphatic carbocycles. The molecule has 4 fully saturated rings. The molecule has 8 bridgehead atoms. The van der Waals surface area contributed by atoms with E-state index in [1.165, 1.54) is 78.0 Å². The zero-order valence-electron chi connectivity index (χ0n) is 73.9. The van der Waals surface area contributed by atoms with Crippen LogP contribution in [0.1, 0.15) is 178 Å². The van der Waals surface area contributed by atoms with Crippen molar-refractivity contribution in [2.75, 3.05) is 93.9 Å². The number of esters is 5. The molecule has 2 unspecified atom stereocenters. The van der Waals surface area contributed by atoms with Crippen molar-refractivity contribution in [2.45, 2.75) is 179 Å². The maximum absolute atomic E-state index is 15.1. The predicted octanol–water partition coefficient (Wildman–Crippen LogP) is 14.9. The van der Waals surface area contributed by atoms with Gasteiger partial charge >= 0.3 is 29.8 Å². The number of aromatic hydroxyl groups is 3. The number of nitrogens with zero attached hydrogens (tertiary/aromatic N) is 6. The van der Waals surface area contributed by atoms with Gasteiger partial charge < -0.3 is 76.9 Å². The van der Waals surface area contributed by atoms with E-state index in [2.05, 4.69) is 42.4 Å². The highest BCUT2D eigenvalue weighted by Gasteiger charge is 2.65. The quantitative estimate of drug-likeness (QED) is 0.0347. The van der Waals surface area contributed by atoms with Crippen molar-refractivity contribution < 1.29 is 106 Å². The summed E-state index contributed by atoms with van der Waals surface area (Å²) < 4.78 is 78.6. The molecule has 33 heteroatoms. The van der Waals surface area contributed by atoms with Crippen LogP contribution >= 0.6 is 35.1 Å². The number of piperazine rings is 2.